The number of pyridine rings is 1. The second-order valence-electron chi connectivity index (χ2n) is 8.77. The smallest absolute Gasteiger partial charge is 0.315 e. The quantitative estimate of drug-likeness (QED) is 0.600. The average Bonchev–Trinajstić information content (AvgIpc) is 3.33. The third kappa shape index (κ3) is 5.72. The number of benzene rings is 1. The molecule has 4 rings (SSSR count). The molecular formula is C24H29F3N4O2. The molecule has 0 bridgehead atoms. The Kier molecular flexibility index (Phi) is 7.62. The molecule has 2 aliphatic heterocycles. The molecule has 2 unspecified atom stereocenters. The molecule has 0 saturated carbocycles. The Bertz CT molecular complexity index is 914. The Morgan fingerprint density at radius 2 is 1.76 bits per heavy atom. The molecule has 2 aliphatic rings. The monoisotopic (exact) mass is 462 g/mol. The van der Waals surface area contributed by atoms with Crippen LogP contribution in [0.2, 0.25) is 0 Å². The largest absolute Gasteiger partial charge is 0.386 e. The number of alkyl halides is 3. The van der Waals surface area contributed by atoms with Crippen LogP contribution in [0.5, 0.6) is 0 Å². The first-order chi connectivity index (χ1) is 15.9. The molecule has 2 aromatic rings. The maximum absolute atomic E-state index is 13.2. The van der Waals surface area contributed by atoms with E-state index in [9.17, 15) is 23.1 Å². The minimum absolute atomic E-state index is 0.325. The number of hydrogen-bond donors (Lipinski definition) is 2. The Morgan fingerprint density at radius 3 is 2.33 bits per heavy atom. The van der Waals surface area contributed by atoms with Gasteiger partial charge < -0.3 is 10.4 Å². The Hall–Kier alpha value is -2.49. The number of carbonyl (C=O) groups is 1. The van der Waals surface area contributed by atoms with Crippen molar-refractivity contribution >= 4 is 5.91 Å². The molecule has 6 nitrogen and oxygen atoms in total. The van der Waals surface area contributed by atoms with Crippen LogP contribution in [0.25, 0.3) is 11.1 Å². The number of aliphatic hydroxyl groups is 1. The lowest BCUT2D eigenvalue weighted by Gasteiger charge is -2.44. The number of aliphatic hydroxyl groups excluding tert-OH is 1. The van der Waals surface area contributed by atoms with Crippen LogP contribution in [0, 0.1) is 0 Å². The Balaban J connectivity index is 1.31. The summed E-state index contributed by atoms with van der Waals surface area (Å²) in [6.45, 7) is 4.28. The lowest BCUT2D eigenvalue weighted by Crippen LogP contribution is -2.58. The van der Waals surface area contributed by atoms with Crippen molar-refractivity contribution in [2.24, 2.45) is 0 Å². The van der Waals surface area contributed by atoms with Crippen molar-refractivity contribution in [3.8, 4) is 11.1 Å². The third-order valence-corrected chi connectivity index (χ3v) is 6.46. The Morgan fingerprint density at radius 1 is 1.09 bits per heavy atom. The predicted molar refractivity (Wildman–Crippen MR) is 118 cm³/mol. The number of nitrogens with one attached hydrogen (secondary N) is 1. The topological polar surface area (TPSA) is 68.7 Å². The average molecular weight is 463 g/mol. The molecule has 1 amide bonds. The van der Waals surface area contributed by atoms with E-state index in [0.29, 0.717) is 11.6 Å². The summed E-state index contributed by atoms with van der Waals surface area (Å²) in [7, 11) is 0. The molecule has 1 aromatic heterocycles. The molecule has 0 spiro atoms. The van der Waals surface area contributed by atoms with Gasteiger partial charge in [-0.15, -0.1) is 0 Å². The summed E-state index contributed by atoms with van der Waals surface area (Å²) in [4.78, 5) is 20.7. The number of aromatic nitrogens is 1. The van der Waals surface area contributed by atoms with E-state index < -0.39 is 31.2 Å². The maximum atomic E-state index is 13.2. The van der Waals surface area contributed by atoms with Gasteiger partial charge in [0.1, 0.15) is 12.8 Å². The van der Waals surface area contributed by atoms with Crippen LogP contribution in [0.4, 0.5) is 13.2 Å². The molecule has 9 heteroatoms. The minimum atomic E-state index is -3.27. The first-order valence-electron chi connectivity index (χ1n) is 11.3. The number of halogens is 3. The van der Waals surface area contributed by atoms with E-state index in [2.05, 4.69) is 14.8 Å². The van der Waals surface area contributed by atoms with Gasteiger partial charge in [-0.25, -0.2) is 4.39 Å². The van der Waals surface area contributed by atoms with Crippen LogP contribution in [-0.4, -0.2) is 77.2 Å². The van der Waals surface area contributed by atoms with Gasteiger partial charge in [-0.3, -0.25) is 19.6 Å². The fourth-order valence-electron chi connectivity index (χ4n) is 4.48. The predicted octanol–water partition coefficient (Wildman–Crippen LogP) is 2.78. The van der Waals surface area contributed by atoms with E-state index in [4.69, 9.17) is 0 Å². The van der Waals surface area contributed by atoms with E-state index in [-0.39, 0.29) is 0 Å². The zero-order valence-electron chi connectivity index (χ0n) is 18.3. The molecule has 3 heterocycles. The van der Waals surface area contributed by atoms with Crippen LogP contribution in [0.1, 0.15) is 30.2 Å². The van der Waals surface area contributed by atoms with Gasteiger partial charge in [0.05, 0.1) is 11.7 Å². The highest BCUT2D eigenvalue weighted by atomic mass is 19.3. The number of hydrogen-bond acceptors (Lipinski definition) is 5. The van der Waals surface area contributed by atoms with Gasteiger partial charge in [0, 0.05) is 37.4 Å². The summed E-state index contributed by atoms with van der Waals surface area (Å²) in [6, 6.07) is 9.89. The second kappa shape index (κ2) is 10.6. The summed E-state index contributed by atoms with van der Waals surface area (Å²) in [6.07, 6.45) is -0.285. The molecule has 2 atom stereocenters. The van der Waals surface area contributed by atoms with Crippen LogP contribution in [-0.2, 0) is 11.3 Å². The van der Waals surface area contributed by atoms with Crippen LogP contribution >= 0.6 is 0 Å². The lowest BCUT2D eigenvalue weighted by atomic mass is 9.99. The highest BCUT2D eigenvalue weighted by Gasteiger charge is 2.33. The van der Waals surface area contributed by atoms with Crippen molar-refractivity contribution in [2.75, 3.05) is 32.9 Å². The zero-order valence-corrected chi connectivity index (χ0v) is 18.3. The highest BCUT2D eigenvalue weighted by molar-refractivity contribution is 5.79. The zero-order chi connectivity index (χ0) is 23.4. The first-order valence-corrected chi connectivity index (χ1v) is 11.3. The maximum Gasteiger partial charge on any atom is 0.315 e. The summed E-state index contributed by atoms with van der Waals surface area (Å²) in [5, 5.41) is 12.1. The SMILES string of the molecule is O=C(NC(CF)C(O)c1ccc(-c2ccc(CN3CC(N4CCCC4)C3)nc2)cc1)C(F)F. The van der Waals surface area contributed by atoms with E-state index in [0.717, 1.165) is 36.5 Å². The number of rotatable bonds is 9. The first kappa shape index (κ1) is 23.7. The van der Waals surface area contributed by atoms with E-state index >= 15 is 0 Å². The number of nitrogens with zero attached hydrogens (tertiary/aromatic N) is 3. The molecule has 2 saturated heterocycles. The number of likely N-dealkylation sites (tertiary alicyclic amines) is 2. The summed E-state index contributed by atoms with van der Waals surface area (Å²) in [5.74, 6) is -1.61. The van der Waals surface area contributed by atoms with Gasteiger partial charge >= 0.3 is 6.43 Å². The van der Waals surface area contributed by atoms with Crippen molar-refractivity contribution in [1.29, 1.82) is 0 Å². The van der Waals surface area contributed by atoms with Gasteiger partial charge in [-0.2, -0.15) is 8.78 Å². The summed E-state index contributed by atoms with van der Waals surface area (Å²) in [5.41, 5.74) is 3.08. The second-order valence-corrected chi connectivity index (χ2v) is 8.77. The normalized spacial score (nSPS) is 19.4. The molecule has 2 fully saturated rings. The van der Waals surface area contributed by atoms with E-state index in [1.54, 1.807) is 30.5 Å². The molecule has 0 radical (unpaired) electrons. The molecule has 2 N–H and O–H groups in total. The highest BCUT2D eigenvalue weighted by Crippen LogP contribution is 2.25. The molecule has 178 valence electrons. The number of amides is 1. The molecular weight excluding hydrogens is 433 g/mol. The van der Waals surface area contributed by atoms with Gasteiger partial charge in [-0.1, -0.05) is 30.3 Å². The summed E-state index contributed by atoms with van der Waals surface area (Å²) >= 11 is 0. The summed E-state index contributed by atoms with van der Waals surface area (Å²) < 4.78 is 38.0. The molecule has 33 heavy (non-hydrogen) atoms. The van der Waals surface area contributed by atoms with E-state index in [1.165, 1.54) is 25.9 Å². The van der Waals surface area contributed by atoms with Gasteiger partial charge in [0.25, 0.3) is 5.91 Å². The van der Waals surface area contributed by atoms with E-state index in [1.807, 2.05) is 17.4 Å². The van der Waals surface area contributed by atoms with Crippen LogP contribution in [0.15, 0.2) is 42.6 Å². The minimum Gasteiger partial charge on any atom is -0.386 e. The molecule has 1 aromatic carbocycles. The fraction of sp³-hybridized carbons (Fsp3) is 0.500. The molecule has 0 aliphatic carbocycles. The van der Waals surface area contributed by atoms with Crippen LogP contribution < -0.4 is 5.32 Å². The lowest BCUT2D eigenvalue weighted by molar-refractivity contribution is -0.133. The van der Waals surface area contributed by atoms with Crippen molar-refractivity contribution in [1.82, 2.24) is 20.1 Å². The Labute approximate surface area is 191 Å². The van der Waals surface area contributed by atoms with Gasteiger partial charge in [-0.05, 0) is 43.1 Å². The van der Waals surface area contributed by atoms with Gasteiger partial charge in [0.15, 0.2) is 0 Å². The third-order valence-electron chi connectivity index (χ3n) is 6.46. The van der Waals surface area contributed by atoms with Gasteiger partial charge in [0.2, 0.25) is 0 Å². The standard InChI is InChI=1S/C24H29F3N4O2/c25-11-21(29-24(33)23(26)27)22(32)17-5-3-16(4-6-17)18-7-8-19(28-12-18)13-30-14-20(15-30)31-9-1-2-10-31/h3-8,12,20-23,32H,1-2,9-11,13-15H2,(H,29,33). The van der Waals surface area contributed by atoms with Crippen molar-refractivity contribution in [2.45, 2.75) is 44.0 Å². The number of carbonyl (C=O) groups excluding carboxylic acids is 1. The van der Waals surface area contributed by atoms with Crippen molar-refractivity contribution in [3.05, 3.63) is 53.9 Å². The van der Waals surface area contributed by atoms with Crippen LogP contribution in [0.3, 0.4) is 0 Å². The van der Waals surface area contributed by atoms with Crippen molar-refractivity contribution in [3.63, 3.8) is 0 Å². The fourth-order valence-corrected chi connectivity index (χ4v) is 4.48. The van der Waals surface area contributed by atoms with Crippen molar-refractivity contribution < 1.29 is 23.1 Å².